The van der Waals surface area contributed by atoms with Gasteiger partial charge in [-0.25, -0.2) is 0 Å². The Balaban J connectivity index is 2.73. The summed E-state index contributed by atoms with van der Waals surface area (Å²) in [5.74, 6) is 0. The molecule has 1 rings (SSSR count). The van der Waals surface area contributed by atoms with Crippen LogP contribution in [0.3, 0.4) is 0 Å². The van der Waals surface area contributed by atoms with Gasteiger partial charge in [-0.3, -0.25) is 0 Å². The van der Waals surface area contributed by atoms with E-state index in [4.69, 9.17) is 18.0 Å². The van der Waals surface area contributed by atoms with Gasteiger partial charge in [0.1, 0.15) is 0 Å². The molecule has 0 spiro atoms. The van der Waals surface area contributed by atoms with Crippen molar-refractivity contribution in [3.05, 3.63) is 29.8 Å². The summed E-state index contributed by atoms with van der Waals surface area (Å²) in [6, 6.07) is 7.95. The second-order valence-corrected chi connectivity index (χ2v) is 3.16. The van der Waals surface area contributed by atoms with Gasteiger partial charge >= 0.3 is 0 Å². The molecule has 0 saturated carbocycles. The van der Waals surface area contributed by atoms with E-state index < -0.39 is 0 Å². The van der Waals surface area contributed by atoms with Crippen molar-refractivity contribution in [1.29, 1.82) is 0 Å². The van der Waals surface area contributed by atoms with Crippen LogP contribution >= 0.6 is 12.2 Å². The topological polar surface area (TPSA) is 50.1 Å². The summed E-state index contributed by atoms with van der Waals surface area (Å²) in [4.78, 5) is 0. The van der Waals surface area contributed by atoms with Crippen LogP contribution in [0, 0.1) is 0 Å². The number of anilines is 1. The van der Waals surface area contributed by atoms with E-state index >= 15 is 0 Å². The standard InChI is InChI=1S/C9H13N3S/c1-11-6-7-3-2-4-8(5-7)12-9(10)13/h2-5,11H,6H2,1H3,(H3,10,12,13). The molecule has 0 unspecified atom stereocenters. The molecule has 0 heterocycles. The number of rotatable bonds is 3. The van der Waals surface area contributed by atoms with Crippen LogP contribution in [-0.2, 0) is 6.54 Å². The lowest BCUT2D eigenvalue weighted by Crippen LogP contribution is -2.19. The van der Waals surface area contributed by atoms with E-state index in [1.54, 1.807) is 0 Å². The molecule has 0 saturated heterocycles. The SMILES string of the molecule is CNCc1cccc(NC(N)=S)c1. The van der Waals surface area contributed by atoms with Gasteiger partial charge in [0, 0.05) is 12.2 Å². The smallest absolute Gasteiger partial charge is 0.168 e. The van der Waals surface area contributed by atoms with Crippen LogP contribution in [0.25, 0.3) is 0 Å². The van der Waals surface area contributed by atoms with Crippen molar-refractivity contribution in [1.82, 2.24) is 5.32 Å². The molecule has 0 fully saturated rings. The lowest BCUT2D eigenvalue weighted by molar-refractivity contribution is 0.818. The summed E-state index contributed by atoms with van der Waals surface area (Å²) < 4.78 is 0. The molecule has 4 N–H and O–H groups in total. The van der Waals surface area contributed by atoms with Gasteiger partial charge in [0.25, 0.3) is 0 Å². The first-order valence-corrected chi connectivity index (χ1v) is 4.43. The van der Waals surface area contributed by atoms with Crippen molar-refractivity contribution in [2.75, 3.05) is 12.4 Å². The Labute approximate surface area is 83.3 Å². The van der Waals surface area contributed by atoms with Crippen LogP contribution in [-0.4, -0.2) is 12.2 Å². The van der Waals surface area contributed by atoms with Crippen LogP contribution in [0.2, 0.25) is 0 Å². The Bertz CT molecular complexity index is 299. The molecular formula is C9H13N3S. The van der Waals surface area contributed by atoms with E-state index in [0.717, 1.165) is 12.2 Å². The maximum atomic E-state index is 5.35. The van der Waals surface area contributed by atoms with Crippen LogP contribution < -0.4 is 16.4 Å². The second kappa shape index (κ2) is 4.79. The zero-order valence-electron chi connectivity index (χ0n) is 7.50. The largest absolute Gasteiger partial charge is 0.376 e. The summed E-state index contributed by atoms with van der Waals surface area (Å²) in [6.07, 6.45) is 0. The van der Waals surface area contributed by atoms with Crippen molar-refractivity contribution in [3.63, 3.8) is 0 Å². The average Bonchev–Trinajstić information content (AvgIpc) is 2.04. The molecule has 70 valence electrons. The van der Waals surface area contributed by atoms with Crippen molar-refractivity contribution < 1.29 is 0 Å². The van der Waals surface area contributed by atoms with E-state index in [-0.39, 0.29) is 0 Å². The third-order valence-electron chi connectivity index (χ3n) is 1.58. The number of hydrogen-bond acceptors (Lipinski definition) is 2. The molecule has 0 aromatic heterocycles. The summed E-state index contributed by atoms with van der Waals surface area (Å²) >= 11 is 4.74. The predicted octanol–water partition coefficient (Wildman–Crippen LogP) is 1.06. The fraction of sp³-hybridized carbons (Fsp3) is 0.222. The number of nitrogens with two attached hydrogens (primary N) is 1. The van der Waals surface area contributed by atoms with E-state index in [9.17, 15) is 0 Å². The van der Waals surface area contributed by atoms with Crippen molar-refractivity contribution in [2.45, 2.75) is 6.54 Å². The molecule has 0 aliphatic heterocycles. The maximum Gasteiger partial charge on any atom is 0.168 e. The summed E-state index contributed by atoms with van der Waals surface area (Å²) in [5, 5.41) is 6.25. The summed E-state index contributed by atoms with van der Waals surface area (Å²) in [6.45, 7) is 0.840. The third kappa shape index (κ3) is 3.40. The van der Waals surface area contributed by atoms with Crippen LogP contribution in [0.1, 0.15) is 5.56 Å². The van der Waals surface area contributed by atoms with Gasteiger partial charge in [0.2, 0.25) is 0 Å². The van der Waals surface area contributed by atoms with E-state index in [1.165, 1.54) is 5.56 Å². The number of benzene rings is 1. The monoisotopic (exact) mass is 195 g/mol. The van der Waals surface area contributed by atoms with Crippen LogP contribution in [0.15, 0.2) is 24.3 Å². The minimum atomic E-state index is 0.293. The fourth-order valence-corrected chi connectivity index (χ4v) is 1.22. The van der Waals surface area contributed by atoms with Gasteiger partial charge < -0.3 is 16.4 Å². The van der Waals surface area contributed by atoms with Crippen LogP contribution in [0.5, 0.6) is 0 Å². The average molecular weight is 195 g/mol. The predicted molar refractivity (Wildman–Crippen MR) is 59.6 cm³/mol. The van der Waals surface area contributed by atoms with Crippen molar-refractivity contribution >= 4 is 23.0 Å². The zero-order chi connectivity index (χ0) is 9.68. The third-order valence-corrected chi connectivity index (χ3v) is 1.68. The first-order chi connectivity index (χ1) is 6.22. The van der Waals surface area contributed by atoms with Crippen LogP contribution in [0.4, 0.5) is 5.69 Å². The highest BCUT2D eigenvalue weighted by atomic mass is 32.1. The van der Waals surface area contributed by atoms with Gasteiger partial charge in [-0.1, -0.05) is 12.1 Å². The molecular weight excluding hydrogens is 182 g/mol. The van der Waals surface area contributed by atoms with Gasteiger partial charge in [0.05, 0.1) is 0 Å². The lowest BCUT2D eigenvalue weighted by Gasteiger charge is -2.05. The van der Waals surface area contributed by atoms with E-state index in [2.05, 4.69) is 10.6 Å². The number of hydrogen-bond donors (Lipinski definition) is 3. The summed E-state index contributed by atoms with van der Waals surface area (Å²) in [7, 11) is 1.91. The highest BCUT2D eigenvalue weighted by Gasteiger charge is 1.94. The molecule has 0 amide bonds. The van der Waals surface area contributed by atoms with Gasteiger partial charge in [-0.2, -0.15) is 0 Å². The molecule has 0 bridgehead atoms. The Morgan fingerprint density at radius 1 is 1.54 bits per heavy atom. The van der Waals surface area contributed by atoms with Gasteiger partial charge in [0.15, 0.2) is 5.11 Å². The number of thiocarbonyl (C=S) groups is 1. The normalized spacial score (nSPS) is 9.62. The van der Waals surface area contributed by atoms with Gasteiger partial charge in [-0.15, -0.1) is 0 Å². The highest BCUT2D eigenvalue weighted by molar-refractivity contribution is 7.80. The highest BCUT2D eigenvalue weighted by Crippen LogP contribution is 2.09. The second-order valence-electron chi connectivity index (χ2n) is 2.72. The molecule has 0 aliphatic rings. The van der Waals surface area contributed by atoms with E-state index in [1.807, 2.05) is 31.3 Å². The fourth-order valence-electron chi connectivity index (χ4n) is 1.11. The molecule has 0 atom stereocenters. The maximum absolute atomic E-state index is 5.35. The zero-order valence-corrected chi connectivity index (χ0v) is 8.32. The van der Waals surface area contributed by atoms with Crippen molar-refractivity contribution in [3.8, 4) is 0 Å². The molecule has 0 aliphatic carbocycles. The molecule has 0 radical (unpaired) electrons. The Hall–Kier alpha value is -1.13. The Morgan fingerprint density at radius 3 is 2.92 bits per heavy atom. The Kier molecular flexibility index (Phi) is 3.67. The van der Waals surface area contributed by atoms with Crippen molar-refractivity contribution in [2.24, 2.45) is 5.73 Å². The number of nitrogens with one attached hydrogen (secondary N) is 2. The lowest BCUT2D eigenvalue weighted by atomic mass is 10.2. The van der Waals surface area contributed by atoms with E-state index in [0.29, 0.717) is 5.11 Å². The molecule has 4 heteroatoms. The summed E-state index contributed by atoms with van der Waals surface area (Å²) in [5.41, 5.74) is 7.48. The molecule has 1 aromatic rings. The molecule has 13 heavy (non-hydrogen) atoms. The Morgan fingerprint density at radius 2 is 2.31 bits per heavy atom. The quantitative estimate of drug-likeness (QED) is 0.631. The minimum absolute atomic E-state index is 0.293. The first kappa shape index (κ1) is 9.95. The minimum Gasteiger partial charge on any atom is -0.376 e. The van der Waals surface area contributed by atoms with Gasteiger partial charge in [-0.05, 0) is 37.0 Å². The first-order valence-electron chi connectivity index (χ1n) is 4.02. The molecule has 1 aromatic carbocycles. The molecule has 3 nitrogen and oxygen atoms in total.